The summed E-state index contributed by atoms with van der Waals surface area (Å²) in [6.07, 6.45) is 17.0. The summed E-state index contributed by atoms with van der Waals surface area (Å²) in [5.74, 6) is -6.33. The van der Waals surface area contributed by atoms with E-state index in [2.05, 4.69) is 11.7 Å². The Bertz CT molecular complexity index is 841. The van der Waals surface area contributed by atoms with Crippen LogP contribution in [-0.2, 0) is 9.53 Å². The van der Waals surface area contributed by atoms with Crippen molar-refractivity contribution < 1.29 is 32.2 Å². The van der Waals surface area contributed by atoms with Gasteiger partial charge in [-0.3, -0.25) is 9.59 Å². The number of piperidine rings is 1. The fourth-order valence-corrected chi connectivity index (χ4v) is 4.81. The number of hydrogen-bond acceptors (Lipinski definition) is 4. The van der Waals surface area contributed by atoms with Crippen molar-refractivity contribution in [3.63, 3.8) is 0 Å². The smallest absolute Gasteiger partial charge is 0.309 e. The number of ether oxygens (including phenoxy) is 2. The Labute approximate surface area is 220 Å². The molecule has 0 atom stereocenters. The minimum Gasteiger partial charge on any atom is -0.491 e. The number of esters is 1. The van der Waals surface area contributed by atoms with E-state index in [0.29, 0.717) is 25.5 Å². The first kappa shape index (κ1) is 31.0. The van der Waals surface area contributed by atoms with Gasteiger partial charge in [-0.15, -0.1) is 0 Å². The lowest BCUT2D eigenvalue weighted by molar-refractivity contribution is -0.150. The molecule has 0 spiro atoms. The van der Waals surface area contributed by atoms with Crippen LogP contribution in [-0.4, -0.2) is 43.6 Å². The largest absolute Gasteiger partial charge is 0.491 e. The van der Waals surface area contributed by atoms with Crippen LogP contribution in [0, 0.1) is 23.4 Å². The molecule has 8 heteroatoms. The molecule has 1 aromatic rings. The highest BCUT2D eigenvalue weighted by molar-refractivity contribution is 5.95. The lowest BCUT2D eigenvalue weighted by Crippen LogP contribution is -2.41. The van der Waals surface area contributed by atoms with Crippen molar-refractivity contribution in [3.05, 3.63) is 29.1 Å². The second-order valence-corrected chi connectivity index (χ2v) is 10.0. The zero-order valence-corrected chi connectivity index (χ0v) is 22.6. The molecule has 2 rings (SSSR count). The van der Waals surface area contributed by atoms with Crippen molar-refractivity contribution >= 4 is 11.9 Å². The van der Waals surface area contributed by atoms with Gasteiger partial charge < -0.3 is 14.4 Å². The summed E-state index contributed by atoms with van der Waals surface area (Å²) >= 11 is 0. The van der Waals surface area contributed by atoms with Gasteiger partial charge in [0, 0.05) is 13.1 Å². The molecule has 210 valence electrons. The molecule has 1 fully saturated rings. The van der Waals surface area contributed by atoms with Crippen molar-refractivity contribution in [1.29, 1.82) is 0 Å². The third kappa shape index (κ3) is 10.2. The maximum atomic E-state index is 14.4. The number of amides is 1. The summed E-state index contributed by atoms with van der Waals surface area (Å²) < 4.78 is 51.9. The predicted octanol–water partition coefficient (Wildman–Crippen LogP) is 7.60. The molecule has 1 aromatic carbocycles. The van der Waals surface area contributed by atoms with E-state index >= 15 is 0 Å². The number of benzene rings is 1. The number of hydrogen-bond donors (Lipinski definition) is 0. The first-order valence-electron chi connectivity index (χ1n) is 14.1. The van der Waals surface area contributed by atoms with Gasteiger partial charge in [0.15, 0.2) is 17.4 Å². The number of halogens is 3. The van der Waals surface area contributed by atoms with Gasteiger partial charge in [0.2, 0.25) is 5.82 Å². The van der Waals surface area contributed by atoms with Crippen molar-refractivity contribution in [2.75, 3.05) is 26.8 Å². The van der Waals surface area contributed by atoms with Gasteiger partial charge in [0.05, 0.1) is 25.2 Å². The zero-order chi connectivity index (χ0) is 27.0. The maximum Gasteiger partial charge on any atom is 0.309 e. The molecule has 0 aliphatic carbocycles. The Hall–Kier alpha value is -2.25. The molecular formula is C29H44F3NO4. The molecule has 0 unspecified atom stereocenters. The van der Waals surface area contributed by atoms with E-state index in [9.17, 15) is 22.8 Å². The number of unbranched alkanes of at least 4 members (excludes halogenated alkanes) is 12. The highest BCUT2D eigenvalue weighted by Crippen LogP contribution is 2.29. The van der Waals surface area contributed by atoms with Gasteiger partial charge in [0.1, 0.15) is 0 Å². The van der Waals surface area contributed by atoms with E-state index < -0.39 is 34.7 Å². The summed E-state index contributed by atoms with van der Waals surface area (Å²) in [5.41, 5.74) is -0.584. The predicted molar refractivity (Wildman–Crippen MR) is 138 cm³/mol. The third-order valence-corrected chi connectivity index (χ3v) is 7.16. The second-order valence-electron chi connectivity index (χ2n) is 10.0. The number of rotatable bonds is 17. The standard InChI is InChI=1S/C29H44F3NO4/c1-3-4-5-6-7-8-9-10-11-12-13-14-15-20-37-29(35)22-16-18-33(19-17-22)28(34)23-21-24(30)26(32)27(36-2)25(23)31/h21-22H,3-20H2,1-2H3. The third-order valence-electron chi connectivity index (χ3n) is 7.16. The van der Waals surface area contributed by atoms with Crippen LogP contribution in [0.2, 0.25) is 0 Å². The number of nitrogens with zero attached hydrogens (tertiary/aromatic N) is 1. The molecule has 1 amide bonds. The highest BCUT2D eigenvalue weighted by Gasteiger charge is 2.31. The van der Waals surface area contributed by atoms with Gasteiger partial charge in [-0.2, -0.15) is 4.39 Å². The first-order chi connectivity index (χ1) is 17.9. The average molecular weight is 528 g/mol. The molecule has 0 saturated carbocycles. The van der Waals surface area contributed by atoms with Crippen LogP contribution in [0.5, 0.6) is 5.75 Å². The number of carbonyl (C=O) groups is 2. The quantitative estimate of drug-likeness (QED) is 0.119. The molecular weight excluding hydrogens is 483 g/mol. The Balaban J connectivity index is 1.56. The highest BCUT2D eigenvalue weighted by atomic mass is 19.2. The van der Waals surface area contributed by atoms with E-state index in [-0.39, 0.29) is 25.0 Å². The molecule has 37 heavy (non-hydrogen) atoms. The zero-order valence-electron chi connectivity index (χ0n) is 22.6. The molecule has 1 saturated heterocycles. The van der Waals surface area contributed by atoms with Crippen LogP contribution in [0.4, 0.5) is 13.2 Å². The Morgan fingerprint density at radius 2 is 1.35 bits per heavy atom. The van der Waals surface area contributed by atoms with E-state index in [4.69, 9.17) is 4.74 Å². The lowest BCUT2D eigenvalue weighted by Gasteiger charge is -2.31. The minimum absolute atomic E-state index is 0.206. The van der Waals surface area contributed by atoms with Crippen LogP contribution in [0.15, 0.2) is 6.07 Å². The van der Waals surface area contributed by atoms with Crippen LogP contribution < -0.4 is 4.74 Å². The Morgan fingerprint density at radius 1 is 0.838 bits per heavy atom. The first-order valence-corrected chi connectivity index (χ1v) is 14.1. The number of likely N-dealkylation sites (tertiary alicyclic amines) is 1. The minimum atomic E-state index is -1.47. The average Bonchev–Trinajstić information content (AvgIpc) is 2.91. The summed E-state index contributed by atoms with van der Waals surface area (Å²) in [5, 5.41) is 0. The number of methoxy groups -OCH3 is 1. The fraction of sp³-hybridized carbons (Fsp3) is 0.724. The molecule has 0 aromatic heterocycles. The molecule has 0 N–H and O–H groups in total. The molecule has 5 nitrogen and oxygen atoms in total. The van der Waals surface area contributed by atoms with Gasteiger partial charge in [-0.1, -0.05) is 84.0 Å². The molecule has 1 heterocycles. The summed E-state index contributed by atoms with van der Waals surface area (Å²) in [7, 11) is 1.00. The molecule has 0 radical (unpaired) electrons. The van der Waals surface area contributed by atoms with Crippen molar-refractivity contribution in [2.24, 2.45) is 5.92 Å². The molecule has 0 bridgehead atoms. The number of carbonyl (C=O) groups excluding carboxylic acids is 2. The van der Waals surface area contributed by atoms with Gasteiger partial charge in [-0.25, -0.2) is 8.78 Å². The van der Waals surface area contributed by atoms with Crippen LogP contribution in [0.25, 0.3) is 0 Å². The topological polar surface area (TPSA) is 55.8 Å². The summed E-state index contributed by atoms with van der Waals surface area (Å²) in [4.78, 5) is 26.4. The van der Waals surface area contributed by atoms with Gasteiger partial charge in [-0.05, 0) is 25.3 Å². The van der Waals surface area contributed by atoms with Crippen LogP contribution in [0.1, 0.15) is 114 Å². The van der Waals surface area contributed by atoms with E-state index in [1.54, 1.807) is 0 Å². The van der Waals surface area contributed by atoms with Gasteiger partial charge >= 0.3 is 5.97 Å². The Kier molecular flexibility index (Phi) is 14.5. The molecule has 1 aliphatic heterocycles. The summed E-state index contributed by atoms with van der Waals surface area (Å²) in [6.45, 7) is 3.05. The second kappa shape index (κ2) is 17.3. The van der Waals surface area contributed by atoms with Gasteiger partial charge in [0.25, 0.3) is 5.91 Å². The normalized spacial score (nSPS) is 14.1. The van der Waals surface area contributed by atoms with Crippen molar-refractivity contribution in [2.45, 2.75) is 103 Å². The monoisotopic (exact) mass is 527 g/mol. The fourth-order valence-electron chi connectivity index (χ4n) is 4.81. The van der Waals surface area contributed by atoms with Crippen molar-refractivity contribution in [3.8, 4) is 5.75 Å². The summed E-state index contributed by atoms with van der Waals surface area (Å²) in [6, 6.07) is 0.547. The van der Waals surface area contributed by atoms with E-state index in [1.165, 1.54) is 69.1 Å². The van der Waals surface area contributed by atoms with E-state index in [1.807, 2.05) is 0 Å². The van der Waals surface area contributed by atoms with Crippen LogP contribution in [0.3, 0.4) is 0 Å². The Morgan fingerprint density at radius 3 is 1.86 bits per heavy atom. The molecule has 1 aliphatic rings. The van der Waals surface area contributed by atoms with E-state index in [0.717, 1.165) is 26.4 Å². The van der Waals surface area contributed by atoms with Crippen LogP contribution >= 0.6 is 0 Å². The van der Waals surface area contributed by atoms with Crippen molar-refractivity contribution in [1.82, 2.24) is 4.90 Å². The SMILES string of the molecule is CCCCCCCCCCCCCCCOC(=O)C1CCN(C(=O)c2cc(F)c(F)c(OC)c2F)CC1. The lowest BCUT2D eigenvalue weighted by atomic mass is 9.96. The maximum absolute atomic E-state index is 14.4.